The summed E-state index contributed by atoms with van der Waals surface area (Å²) in [7, 11) is 1.89. The van der Waals surface area contributed by atoms with Crippen molar-refractivity contribution in [3.05, 3.63) is 11.9 Å². The van der Waals surface area contributed by atoms with Crippen LogP contribution in [0.1, 0.15) is 19.2 Å². The van der Waals surface area contributed by atoms with Crippen LogP contribution in [-0.4, -0.2) is 23.1 Å². The van der Waals surface area contributed by atoms with E-state index < -0.39 is 0 Å². The lowest BCUT2D eigenvalue weighted by molar-refractivity contribution is 0.691. The Balaban J connectivity index is 2.91. The van der Waals surface area contributed by atoms with Gasteiger partial charge in [0.2, 0.25) is 0 Å². The molecule has 1 atom stereocenters. The standard InChI is InChI=1S/C10H15N5/c1-7(4-5-11)15(3)10-6-9(12)13-8(2)14-10/h6-7H,4H2,1-3H3,(H2,12,13,14). The van der Waals surface area contributed by atoms with Crippen LogP contribution in [0, 0.1) is 18.3 Å². The first-order valence-electron chi connectivity index (χ1n) is 4.75. The molecule has 1 unspecified atom stereocenters. The van der Waals surface area contributed by atoms with Crippen LogP contribution < -0.4 is 10.6 Å². The Hall–Kier alpha value is -1.83. The van der Waals surface area contributed by atoms with E-state index >= 15 is 0 Å². The monoisotopic (exact) mass is 205 g/mol. The third-order valence-electron chi connectivity index (χ3n) is 2.25. The molecular formula is C10H15N5. The molecule has 15 heavy (non-hydrogen) atoms. The molecule has 0 saturated carbocycles. The number of rotatable bonds is 3. The maximum absolute atomic E-state index is 8.61. The summed E-state index contributed by atoms with van der Waals surface area (Å²) >= 11 is 0. The summed E-state index contributed by atoms with van der Waals surface area (Å²) in [6.07, 6.45) is 0.458. The molecule has 0 aliphatic rings. The molecule has 5 nitrogen and oxygen atoms in total. The third-order valence-corrected chi connectivity index (χ3v) is 2.25. The molecule has 0 saturated heterocycles. The molecule has 0 aliphatic carbocycles. The molecule has 0 aromatic carbocycles. The number of nitriles is 1. The Bertz CT molecular complexity index is 362. The van der Waals surface area contributed by atoms with Gasteiger partial charge in [-0.25, -0.2) is 9.97 Å². The number of aryl methyl sites for hydroxylation is 1. The highest BCUT2D eigenvalue weighted by molar-refractivity contribution is 5.47. The van der Waals surface area contributed by atoms with Crippen molar-refractivity contribution in [3.63, 3.8) is 0 Å². The molecule has 0 amide bonds. The van der Waals surface area contributed by atoms with Gasteiger partial charge in [-0.05, 0) is 13.8 Å². The Labute approximate surface area is 89.6 Å². The molecule has 1 aromatic heterocycles. The van der Waals surface area contributed by atoms with Gasteiger partial charge in [0.25, 0.3) is 0 Å². The number of anilines is 2. The minimum Gasteiger partial charge on any atom is -0.384 e. The van der Waals surface area contributed by atoms with Crippen LogP contribution >= 0.6 is 0 Å². The maximum Gasteiger partial charge on any atom is 0.134 e. The molecule has 0 radical (unpaired) electrons. The van der Waals surface area contributed by atoms with Crippen molar-refractivity contribution >= 4 is 11.6 Å². The smallest absolute Gasteiger partial charge is 0.134 e. The molecule has 0 spiro atoms. The van der Waals surface area contributed by atoms with Gasteiger partial charge < -0.3 is 10.6 Å². The van der Waals surface area contributed by atoms with E-state index in [1.54, 1.807) is 13.0 Å². The maximum atomic E-state index is 8.61. The third kappa shape index (κ3) is 2.81. The number of aromatic nitrogens is 2. The molecule has 0 fully saturated rings. The van der Waals surface area contributed by atoms with E-state index in [0.29, 0.717) is 18.1 Å². The van der Waals surface area contributed by atoms with E-state index in [2.05, 4.69) is 16.0 Å². The Morgan fingerprint density at radius 2 is 2.27 bits per heavy atom. The Kier molecular flexibility index (Phi) is 3.45. The van der Waals surface area contributed by atoms with Crippen LogP contribution in [0.3, 0.4) is 0 Å². The minimum atomic E-state index is 0.115. The predicted octanol–water partition coefficient (Wildman–Crippen LogP) is 1.11. The van der Waals surface area contributed by atoms with Gasteiger partial charge in [-0.15, -0.1) is 0 Å². The second kappa shape index (κ2) is 4.60. The topological polar surface area (TPSA) is 78.8 Å². The van der Waals surface area contributed by atoms with Crippen molar-refractivity contribution < 1.29 is 0 Å². The normalized spacial score (nSPS) is 11.9. The van der Waals surface area contributed by atoms with Crippen molar-refractivity contribution in [1.29, 1.82) is 5.26 Å². The van der Waals surface area contributed by atoms with Crippen LogP contribution in [-0.2, 0) is 0 Å². The van der Waals surface area contributed by atoms with Crippen molar-refractivity contribution in [2.75, 3.05) is 17.7 Å². The lowest BCUT2D eigenvalue weighted by Gasteiger charge is -2.24. The first kappa shape index (κ1) is 11.2. The highest BCUT2D eigenvalue weighted by atomic mass is 15.2. The fourth-order valence-electron chi connectivity index (χ4n) is 1.25. The van der Waals surface area contributed by atoms with Crippen LogP contribution in [0.5, 0.6) is 0 Å². The first-order chi connectivity index (χ1) is 7.04. The summed E-state index contributed by atoms with van der Waals surface area (Å²) in [5.41, 5.74) is 5.63. The quantitative estimate of drug-likeness (QED) is 0.799. The Morgan fingerprint density at radius 1 is 1.60 bits per heavy atom. The molecule has 80 valence electrons. The number of hydrogen-bond acceptors (Lipinski definition) is 5. The van der Waals surface area contributed by atoms with E-state index in [1.807, 2.05) is 18.9 Å². The van der Waals surface area contributed by atoms with Crippen LogP contribution in [0.2, 0.25) is 0 Å². The van der Waals surface area contributed by atoms with Gasteiger partial charge in [0.1, 0.15) is 17.5 Å². The molecule has 1 aromatic rings. The van der Waals surface area contributed by atoms with Gasteiger partial charge >= 0.3 is 0 Å². The summed E-state index contributed by atoms with van der Waals surface area (Å²) in [5.74, 6) is 1.84. The highest BCUT2D eigenvalue weighted by Gasteiger charge is 2.11. The number of nitrogen functional groups attached to an aromatic ring is 1. The lowest BCUT2D eigenvalue weighted by atomic mass is 10.2. The predicted molar refractivity (Wildman–Crippen MR) is 59.3 cm³/mol. The minimum absolute atomic E-state index is 0.115. The second-order valence-electron chi connectivity index (χ2n) is 3.52. The van der Waals surface area contributed by atoms with Crippen molar-refractivity contribution in [1.82, 2.24) is 9.97 Å². The van der Waals surface area contributed by atoms with Gasteiger partial charge in [-0.2, -0.15) is 5.26 Å². The van der Waals surface area contributed by atoms with Gasteiger partial charge in [-0.1, -0.05) is 0 Å². The molecule has 5 heteroatoms. The number of nitrogens with two attached hydrogens (primary N) is 1. The zero-order valence-electron chi connectivity index (χ0n) is 9.23. The van der Waals surface area contributed by atoms with Crippen molar-refractivity contribution in [2.45, 2.75) is 26.3 Å². The van der Waals surface area contributed by atoms with Gasteiger partial charge in [0.15, 0.2) is 0 Å². The van der Waals surface area contributed by atoms with Crippen molar-refractivity contribution in [2.24, 2.45) is 0 Å². The van der Waals surface area contributed by atoms with Crippen LogP contribution in [0.4, 0.5) is 11.6 Å². The van der Waals surface area contributed by atoms with Crippen LogP contribution in [0.25, 0.3) is 0 Å². The summed E-state index contributed by atoms with van der Waals surface area (Å²) in [6, 6.07) is 3.95. The summed E-state index contributed by atoms with van der Waals surface area (Å²) in [5, 5.41) is 8.61. The zero-order chi connectivity index (χ0) is 11.4. The molecular weight excluding hydrogens is 190 g/mol. The number of nitrogens with zero attached hydrogens (tertiary/aromatic N) is 4. The van der Waals surface area contributed by atoms with E-state index in [9.17, 15) is 0 Å². The van der Waals surface area contributed by atoms with E-state index in [-0.39, 0.29) is 6.04 Å². The lowest BCUT2D eigenvalue weighted by Crippen LogP contribution is -2.29. The summed E-state index contributed by atoms with van der Waals surface area (Å²) in [6.45, 7) is 3.76. The molecule has 1 heterocycles. The molecule has 0 bridgehead atoms. The second-order valence-corrected chi connectivity index (χ2v) is 3.52. The fourth-order valence-corrected chi connectivity index (χ4v) is 1.25. The average molecular weight is 205 g/mol. The van der Waals surface area contributed by atoms with E-state index in [0.717, 1.165) is 5.82 Å². The SMILES string of the molecule is Cc1nc(N)cc(N(C)C(C)CC#N)n1. The number of hydrogen-bond donors (Lipinski definition) is 1. The van der Waals surface area contributed by atoms with Gasteiger partial charge in [-0.3, -0.25) is 0 Å². The largest absolute Gasteiger partial charge is 0.384 e. The van der Waals surface area contributed by atoms with E-state index in [1.165, 1.54) is 0 Å². The Morgan fingerprint density at radius 3 is 2.80 bits per heavy atom. The fraction of sp³-hybridized carbons (Fsp3) is 0.500. The molecule has 2 N–H and O–H groups in total. The highest BCUT2D eigenvalue weighted by Crippen LogP contribution is 2.15. The van der Waals surface area contributed by atoms with Crippen LogP contribution in [0.15, 0.2) is 6.07 Å². The molecule has 0 aliphatic heterocycles. The molecule has 1 rings (SSSR count). The van der Waals surface area contributed by atoms with Crippen molar-refractivity contribution in [3.8, 4) is 6.07 Å². The van der Waals surface area contributed by atoms with E-state index in [4.69, 9.17) is 11.0 Å². The summed E-state index contributed by atoms with van der Waals surface area (Å²) in [4.78, 5) is 10.2. The van der Waals surface area contributed by atoms with Gasteiger partial charge in [0.05, 0.1) is 12.5 Å². The summed E-state index contributed by atoms with van der Waals surface area (Å²) < 4.78 is 0. The average Bonchev–Trinajstić information content (AvgIpc) is 2.15. The first-order valence-corrected chi connectivity index (χ1v) is 4.75. The van der Waals surface area contributed by atoms with Gasteiger partial charge in [0, 0.05) is 19.2 Å². The zero-order valence-corrected chi connectivity index (χ0v) is 9.23.